The molecule has 1 aliphatic rings. The first-order valence-corrected chi connectivity index (χ1v) is 11.8. The molecule has 7 heteroatoms. The Labute approximate surface area is 189 Å². The predicted molar refractivity (Wildman–Crippen MR) is 122 cm³/mol. The number of hydrogen-bond donors (Lipinski definition) is 1. The van der Waals surface area contributed by atoms with Crippen molar-refractivity contribution in [1.29, 1.82) is 0 Å². The molecule has 0 heterocycles. The first-order valence-electron chi connectivity index (χ1n) is 9.83. The van der Waals surface area contributed by atoms with Gasteiger partial charge >= 0.3 is 5.97 Å². The lowest BCUT2D eigenvalue weighted by Crippen LogP contribution is -2.51. The van der Waals surface area contributed by atoms with Crippen LogP contribution in [0.15, 0.2) is 53.0 Å². The van der Waals surface area contributed by atoms with E-state index in [2.05, 4.69) is 20.7 Å². The van der Waals surface area contributed by atoms with Gasteiger partial charge in [-0.1, -0.05) is 52.3 Å². The summed E-state index contributed by atoms with van der Waals surface area (Å²) in [4.78, 5) is 25.0. The van der Waals surface area contributed by atoms with E-state index < -0.39 is 27.6 Å². The smallest absolute Gasteiger partial charge is 0.308 e. The molecule has 0 amide bonds. The quantitative estimate of drug-likeness (QED) is 0.351. The summed E-state index contributed by atoms with van der Waals surface area (Å²) in [5, 5.41) is 0. The van der Waals surface area contributed by atoms with Gasteiger partial charge in [0.15, 0.2) is 12.4 Å². The molecular weight excluding hydrogens is 466 g/mol. The summed E-state index contributed by atoms with van der Waals surface area (Å²) < 4.78 is 21.9. The zero-order valence-electron chi connectivity index (χ0n) is 17.4. The highest BCUT2D eigenvalue weighted by Crippen LogP contribution is 2.42. The summed E-state index contributed by atoms with van der Waals surface area (Å²) in [6.07, 6.45) is 1.40. The summed E-state index contributed by atoms with van der Waals surface area (Å²) in [7, 11) is 0. The number of carbonyl (C=O) groups is 2. The van der Waals surface area contributed by atoms with E-state index in [1.54, 1.807) is 24.3 Å². The van der Waals surface area contributed by atoms with Crippen molar-refractivity contribution in [2.45, 2.75) is 50.3 Å². The van der Waals surface area contributed by atoms with Crippen LogP contribution in [0.1, 0.15) is 55.1 Å². The second-order valence-electron chi connectivity index (χ2n) is 8.49. The van der Waals surface area contributed by atoms with E-state index in [0.29, 0.717) is 12.0 Å². The summed E-state index contributed by atoms with van der Waals surface area (Å²) in [6, 6.07) is 14.7. The van der Waals surface area contributed by atoms with Crippen molar-refractivity contribution in [3.63, 3.8) is 0 Å². The van der Waals surface area contributed by atoms with E-state index >= 15 is 0 Å². The van der Waals surface area contributed by atoms with Gasteiger partial charge in [-0.15, -0.1) is 4.72 Å². The van der Waals surface area contributed by atoms with E-state index in [0.717, 1.165) is 22.0 Å². The van der Waals surface area contributed by atoms with Gasteiger partial charge in [-0.05, 0) is 56.9 Å². The third kappa shape index (κ3) is 5.32. The van der Waals surface area contributed by atoms with Crippen molar-refractivity contribution in [2.24, 2.45) is 0 Å². The van der Waals surface area contributed by atoms with E-state index in [9.17, 15) is 14.1 Å². The molecule has 1 unspecified atom stereocenters. The van der Waals surface area contributed by atoms with E-state index in [1.165, 1.54) is 0 Å². The fourth-order valence-electron chi connectivity index (χ4n) is 3.53. The Kier molecular flexibility index (Phi) is 7.07. The van der Waals surface area contributed by atoms with Crippen molar-refractivity contribution < 1.29 is 18.9 Å². The second-order valence-corrected chi connectivity index (χ2v) is 11.4. The topological polar surface area (TPSA) is 78.5 Å². The van der Waals surface area contributed by atoms with Crippen LogP contribution in [-0.4, -0.2) is 27.7 Å². The van der Waals surface area contributed by atoms with Crippen LogP contribution in [-0.2, 0) is 32.9 Å². The highest BCUT2D eigenvalue weighted by atomic mass is 79.9. The Hall–Kier alpha value is -1.67. The van der Waals surface area contributed by atoms with Gasteiger partial charge in [0.25, 0.3) is 0 Å². The summed E-state index contributed by atoms with van der Waals surface area (Å²) in [5.74, 6) is -0.742. The first-order chi connectivity index (χ1) is 14.1. The minimum Gasteiger partial charge on any atom is -0.598 e. The van der Waals surface area contributed by atoms with Gasteiger partial charge in [0, 0.05) is 21.4 Å². The minimum absolute atomic E-state index is 0.00548. The predicted octanol–water partition coefficient (Wildman–Crippen LogP) is 4.46. The molecule has 0 saturated carbocycles. The lowest BCUT2D eigenvalue weighted by atomic mass is 9.89. The number of ether oxygens (including phenoxy) is 1. The van der Waals surface area contributed by atoms with Crippen LogP contribution in [0.5, 0.6) is 0 Å². The molecule has 2 atom stereocenters. The third-order valence-corrected chi connectivity index (χ3v) is 7.34. The molecule has 2 aromatic carbocycles. The largest absolute Gasteiger partial charge is 0.598 e. The maximum atomic E-state index is 12.9. The van der Waals surface area contributed by atoms with Crippen molar-refractivity contribution in [1.82, 2.24) is 4.72 Å². The number of benzene rings is 2. The summed E-state index contributed by atoms with van der Waals surface area (Å²) in [5.41, 5.74) is 1.77. The number of rotatable bonds is 7. The van der Waals surface area contributed by atoms with Crippen molar-refractivity contribution in [3.05, 3.63) is 69.7 Å². The molecule has 1 N–H and O–H groups in total. The van der Waals surface area contributed by atoms with Crippen LogP contribution in [0.25, 0.3) is 0 Å². The van der Waals surface area contributed by atoms with Crippen LogP contribution in [0.4, 0.5) is 0 Å². The number of carbonyl (C=O) groups excluding carboxylic acids is 2. The molecular formula is C23H26BrNO4S. The maximum absolute atomic E-state index is 12.9. The Morgan fingerprint density at radius 2 is 1.90 bits per heavy atom. The average Bonchev–Trinajstić information content (AvgIpc) is 3.03. The lowest BCUT2D eigenvalue weighted by molar-refractivity contribution is -0.144. The fourth-order valence-corrected chi connectivity index (χ4v) is 4.88. The molecule has 160 valence electrons. The van der Waals surface area contributed by atoms with Gasteiger partial charge in [-0.25, -0.2) is 0 Å². The molecule has 5 nitrogen and oxygen atoms in total. The number of ketones is 1. The molecule has 1 aliphatic carbocycles. The second kappa shape index (κ2) is 9.22. The number of aryl methyl sites for hydroxylation is 1. The molecule has 0 aromatic heterocycles. The summed E-state index contributed by atoms with van der Waals surface area (Å²) in [6.45, 7) is 5.35. The molecule has 0 saturated heterocycles. The van der Waals surface area contributed by atoms with Gasteiger partial charge in [-0.3, -0.25) is 9.59 Å². The van der Waals surface area contributed by atoms with Crippen LogP contribution in [0.2, 0.25) is 0 Å². The fraction of sp³-hybridized carbons (Fsp3) is 0.391. The normalized spacial score (nSPS) is 19.2. The number of fused-ring (bicyclic) bond motifs is 1. The van der Waals surface area contributed by atoms with Gasteiger partial charge < -0.3 is 9.29 Å². The highest BCUT2D eigenvalue weighted by molar-refractivity contribution is 9.10. The van der Waals surface area contributed by atoms with Crippen LogP contribution < -0.4 is 4.72 Å². The van der Waals surface area contributed by atoms with Crippen molar-refractivity contribution in [3.8, 4) is 0 Å². The van der Waals surface area contributed by atoms with E-state index in [-0.39, 0.29) is 18.8 Å². The first kappa shape index (κ1) is 23.0. The molecule has 3 rings (SSSR count). The Balaban J connectivity index is 1.77. The molecule has 0 radical (unpaired) electrons. The highest BCUT2D eigenvalue weighted by Gasteiger charge is 2.46. The van der Waals surface area contributed by atoms with E-state index in [1.807, 2.05) is 45.0 Å². The van der Waals surface area contributed by atoms with Crippen LogP contribution >= 0.6 is 15.9 Å². The number of halogens is 1. The zero-order valence-corrected chi connectivity index (χ0v) is 19.8. The van der Waals surface area contributed by atoms with E-state index in [4.69, 9.17) is 4.74 Å². The molecule has 0 bridgehead atoms. The summed E-state index contributed by atoms with van der Waals surface area (Å²) >= 11 is 2.11. The SMILES string of the molecule is CC(C)(C)[S+]([O-])N[C@]1(CC(=O)OCC(=O)c2ccccc2)CCc2cc(Br)ccc21. The molecule has 0 aliphatic heterocycles. The van der Waals surface area contributed by atoms with Crippen molar-refractivity contribution >= 4 is 39.0 Å². The van der Waals surface area contributed by atoms with Crippen LogP contribution in [0, 0.1) is 0 Å². The monoisotopic (exact) mass is 491 g/mol. The van der Waals surface area contributed by atoms with Crippen LogP contribution in [0.3, 0.4) is 0 Å². The number of esters is 1. The molecule has 2 aromatic rings. The average molecular weight is 492 g/mol. The maximum Gasteiger partial charge on any atom is 0.308 e. The number of Topliss-reactive ketones (excluding diaryl/α,β-unsaturated/α-hetero) is 1. The lowest BCUT2D eigenvalue weighted by Gasteiger charge is -2.35. The molecule has 0 spiro atoms. The number of nitrogens with one attached hydrogen (secondary N) is 1. The number of hydrogen-bond acceptors (Lipinski definition) is 5. The molecule has 30 heavy (non-hydrogen) atoms. The Morgan fingerprint density at radius 3 is 2.57 bits per heavy atom. The standard InChI is InChI=1S/C23H26BrNO4S/c1-22(2,3)30(28)25-23(12-11-17-13-18(24)9-10-19(17)23)14-21(27)29-15-20(26)16-7-5-4-6-8-16/h4-10,13,25H,11-12,14-15H2,1-3H3/t23-,30?/m0/s1. The molecule has 0 fully saturated rings. The Morgan fingerprint density at radius 1 is 1.20 bits per heavy atom. The van der Waals surface area contributed by atoms with Gasteiger partial charge in [0.1, 0.15) is 4.75 Å². The van der Waals surface area contributed by atoms with Crippen molar-refractivity contribution in [2.75, 3.05) is 6.61 Å². The van der Waals surface area contributed by atoms with Gasteiger partial charge in [0.2, 0.25) is 0 Å². The zero-order chi connectivity index (χ0) is 21.9. The minimum atomic E-state index is -1.37. The third-order valence-electron chi connectivity index (χ3n) is 5.15. The van der Waals surface area contributed by atoms with Gasteiger partial charge in [0.05, 0.1) is 12.0 Å². The van der Waals surface area contributed by atoms with Gasteiger partial charge in [-0.2, -0.15) is 0 Å². The Bertz CT molecular complexity index is 929.